The summed E-state index contributed by atoms with van der Waals surface area (Å²) in [5, 5.41) is 6.82. The lowest BCUT2D eigenvalue weighted by molar-refractivity contribution is 0.102. The molecule has 154 valence electrons. The van der Waals surface area contributed by atoms with Crippen molar-refractivity contribution < 1.29 is 4.79 Å². The maximum atomic E-state index is 13.2. The lowest BCUT2D eigenvalue weighted by atomic mass is 9.95. The quantitative estimate of drug-likeness (QED) is 0.468. The van der Waals surface area contributed by atoms with Crippen molar-refractivity contribution in [2.45, 2.75) is 0 Å². The molecule has 2 aromatic carbocycles. The fraction of sp³-hybridized carbons (Fsp3) is 0.0455. The summed E-state index contributed by atoms with van der Waals surface area (Å²) in [6.45, 7) is 0. The van der Waals surface area contributed by atoms with Gasteiger partial charge in [-0.05, 0) is 5.56 Å². The second-order valence-corrected chi connectivity index (χ2v) is 6.70. The molecule has 31 heavy (non-hydrogen) atoms. The Morgan fingerprint density at radius 2 is 1.55 bits per heavy atom. The molecule has 3 N–H and O–H groups in total. The summed E-state index contributed by atoms with van der Waals surface area (Å²) in [6, 6.07) is 18.1. The van der Waals surface area contributed by atoms with E-state index in [1.807, 2.05) is 41.4 Å². The molecule has 0 aliphatic rings. The molecule has 9 nitrogen and oxygen atoms in total. The standard InChI is InChI=1S/C22H17N5O4/c1-27-21(30)17(20(29)24-15-12-23-22(31)25-19(15)28)16(13-8-4-2-5-9-13)18(26-27)14-10-6-3-7-11-14/h2-12H,1H3,(H,24,29)(H2,23,25,28,31). The Morgan fingerprint density at radius 3 is 2.16 bits per heavy atom. The molecule has 4 rings (SSSR count). The summed E-state index contributed by atoms with van der Waals surface area (Å²) in [5.41, 5.74) is -0.372. The fourth-order valence-electron chi connectivity index (χ4n) is 3.21. The van der Waals surface area contributed by atoms with E-state index in [-0.39, 0.29) is 11.3 Å². The molecule has 0 fully saturated rings. The highest BCUT2D eigenvalue weighted by atomic mass is 16.2. The van der Waals surface area contributed by atoms with Crippen LogP contribution in [0.4, 0.5) is 5.69 Å². The molecule has 0 aliphatic heterocycles. The van der Waals surface area contributed by atoms with Gasteiger partial charge in [-0.25, -0.2) is 9.48 Å². The number of nitrogens with zero attached hydrogens (tertiary/aromatic N) is 2. The topological polar surface area (TPSA) is 130 Å². The lowest BCUT2D eigenvalue weighted by Crippen LogP contribution is -2.33. The minimum atomic E-state index is -0.795. The zero-order valence-electron chi connectivity index (χ0n) is 16.4. The number of carbonyl (C=O) groups excluding carboxylic acids is 1. The number of rotatable bonds is 4. The second kappa shape index (κ2) is 8.07. The molecule has 0 bridgehead atoms. The summed E-state index contributed by atoms with van der Waals surface area (Å²) < 4.78 is 1.08. The minimum absolute atomic E-state index is 0.173. The first-order chi connectivity index (χ1) is 15.0. The molecule has 2 aromatic heterocycles. The van der Waals surface area contributed by atoms with Crippen molar-refractivity contribution in [1.82, 2.24) is 19.7 Å². The monoisotopic (exact) mass is 415 g/mol. The van der Waals surface area contributed by atoms with Gasteiger partial charge >= 0.3 is 5.69 Å². The van der Waals surface area contributed by atoms with Crippen molar-refractivity contribution in [3.8, 4) is 22.4 Å². The average Bonchev–Trinajstić information content (AvgIpc) is 2.78. The van der Waals surface area contributed by atoms with Crippen LogP contribution in [-0.2, 0) is 7.05 Å². The third-order valence-corrected chi connectivity index (χ3v) is 4.65. The fourth-order valence-corrected chi connectivity index (χ4v) is 3.21. The molecule has 0 radical (unpaired) electrons. The van der Waals surface area contributed by atoms with Crippen LogP contribution in [0, 0.1) is 0 Å². The number of hydrogen-bond acceptors (Lipinski definition) is 5. The van der Waals surface area contributed by atoms with Crippen LogP contribution >= 0.6 is 0 Å². The summed E-state index contributed by atoms with van der Waals surface area (Å²) in [7, 11) is 1.45. The van der Waals surface area contributed by atoms with Gasteiger partial charge in [0.1, 0.15) is 11.3 Å². The number of nitrogens with one attached hydrogen (secondary N) is 3. The molecule has 4 aromatic rings. The number of anilines is 1. The first-order valence-corrected chi connectivity index (χ1v) is 9.31. The van der Waals surface area contributed by atoms with Crippen LogP contribution in [0.3, 0.4) is 0 Å². The Hall–Kier alpha value is -4.53. The van der Waals surface area contributed by atoms with Crippen LogP contribution in [0.5, 0.6) is 0 Å². The van der Waals surface area contributed by atoms with Gasteiger partial charge in [-0.2, -0.15) is 5.10 Å². The summed E-state index contributed by atoms with van der Waals surface area (Å²) >= 11 is 0. The Morgan fingerprint density at radius 1 is 0.935 bits per heavy atom. The first-order valence-electron chi connectivity index (χ1n) is 9.31. The summed E-state index contributed by atoms with van der Waals surface area (Å²) in [5.74, 6) is -0.795. The van der Waals surface area contributed by atoms with Crippen molar-refractivity contribution in [1.29, 1.82) is 0 Å². The van der Waals surface area contributed by atoms with E-state index in [1.54, 1.807) is 24.3 Å². The second-order valence-electron chi connectivity index (χ2n) is 6.70. The largest absolute Gasteiger partial charge is 0.325 e. The zero-order chi connectivity index (χ0) is 22.0. The minimum Gasteiger partial charge on any atom is -0.316 e. The molecule has 0 saturated heterocycles. The predicted molar refractivity (Wildman–Crippen MR) is 116 cm³/mol. The van der Waals surface area contributed by atoms with Gasteiger partial charge in [0, 0.05) is 24.4 Å². The normalized spacial score (nSPS) is 10.6. The number of H-pyrrole nitrogens is 2. The molecular weight excluding hydrogens is 398 g/mol. The maximum Gasteiger partial charge on any atom is 0.325 e. The van der Waals surface area contributed by atoms with E-state index < -0.39 is 22.7 Å². The van der Waals surface area contributed by atoms with Gasteiger partial charge < -0.3 is 10.3 Å². The SMILES string of the molecule is Cn1nc(-c2ccccc2)c(-c2ccccc2)c(C(=O)Nc2c[nH]c(=O)[nH]c2=O)c1=O. The number of aromatic amines is 2. The average molecular weight is 415 g/mol. The van der Waals surface area contributed by atoms with Crippen molar-refractivity contribution >= 4 is 11.6 Å². The molecule has 1 amide bonds. The van der Waals surface area contributed by atoms with Crippen LogP contribution in [0.2, 0.25) is 0 Å². The molecule has 0 saturated carbocycles. The van der Waals surface area contributed by atoms with Gasteiger partial charge in [0.15, 0.2) is 0 Å². The van der Waals surface area contributed by atoms with Crippen molar-refractivity contribution in [2.75, 3.05) is 5.32 Å². The Bertz CT molecular complexity index is 1440. The number of aromatic nitrogens is 4. The summed E-state index contributed by atoms with van der Waals surface area (Å²) in [6.07, 6.45) is 1.07. The van der Waals surface area contributed by atoms with Crippen molar-refractivity contribution in [3.63, 3.8) is 0 Å². The van der Waals surface area contributed by atoms with Crippen LogP contribution in [0.25, 0.3) is 22.4 Å². The number of carbonyl (C=O) groups is 1. The van der Waals surface area contributed by atoms with Gasteiger partial charge in [0.2, 0.25) is 0 Å². The Balaban J connectivity index is 1.97. The third kappa shape index (κ3) is 3.84. The lowest BCUT2D eigenvalue weighted by Gasteiger charge is -2.15. The maximum absolute atomic E-state index is 13.2. The predicted octanol–water partition coefficient (Wildman–Crippen LogP) is 1.74. The molecule has 2 heterocycles. The third-order valence-electron chi connectivity index (χ3n) is 4.65. The van der Waals surface area contributed by atoms with E-state index >= 15 is 0 Å². The molecule has 9 heteroatoms. The van der Waals surface area contributed by atoms with E-state index in [9.17, 15) is 19.2 Å². The van der Waals surface area contributed by atoms with E-state index in [4.69, 9.17) is 0 Å². The molecular formula is C22H17N5O4. The highest BCUT2D eigenvalue weighted by molar-refractivity contribution is 6.10. The first kappa shape index (κ1) is 19.8. The van der Waals surface area contributed by atoms with Gasteiger partial charge in [0.25, 0.3) is 17.0 Å². The van der Waals surface area contributed by atoms with Crippen LogP contribution < -0.4 is 22.1 Å². The molecule has 0 unspecified atom stereocenters. The smallest absolute Gasteiger partial charge is 0.316 e. The van der Waals surface area contributed by atoms with Gasteiger partial charge in [-0.15, -0.1) is 0 Å². The number of hydrogen-bond donors (Lipinski definition) is 3. The molecule has 0 aliphatic carbocycles. The zero-order valence-corrected chi connectivity index (χ0v) is 16.4. The van der Waals surface area contributed by atoms with E-state index in [1.165, 1.54) is 7.05 Å². The van der Waals surface area contributed by atoms with Crippen LogP contribution in [0.15, 0.2) is 81.2 Å². The number of benzene rings is 2. The van der Waals surface area contributed by atoms with E-state index in [2.05, 4.69) is 15.4 Å². The Labute approximate surface area is 175 Å². The van der Waals surface area contributed by atoms with Crippen molar-refractivity contribution in [3.05, 3.63) is 104 Å². The van der Waals surface area contributed by atoms with E-state index in [0.29, 0.717) is 22.4 Å². The van der Waals surface area contributed by atoms with Gasteiger partial charge in [0.05, 0.1) is 5.69 Å². The van der Waals surface area contributed by atoms with Crippen molar-refractivity contribution in [2.24, 2.45) is 7.05 Å². The van der Waals surface area contributed by atoms with E-state index in [0.717, 1.165) is 10.9 Å². The number of amides is 1. The van der Waals surface area contributed by atoms with Gasteiger partial charge in [-0.1, -0.05) is 60.7 Å². The Kier molecular flexibility index (Phi) is 5.15. The van der Waals surface area contributed by atoms with Crippen LogP contribution in [0.1, 0.15) is 10.4 Å². The summed E-state index contributed by atoms with van der Waals surface area (Å²) in [4.78, 5) is 53.8. The highest BCUT2D eigenvalue weighted by Gasteiger charge is 2.25. The van der Waals surface area contributed by atoms with Crippen LogP contribution in [-0.4, -0.2) is 25.7 Å². The molecule has 0 atom stereocenters. The highest BCUT2D eigenvalue weighted by Crippen LogP contribution is 2.32. The van der Waals surface area contributed by atoms with Gasteiger partial charge in [-0.3, -0.25) is 19.4 Å². The number of aryl methyl sites for hydroxylation is 1. The molecule has 0 spiro atoms.